The first-order valence-electron chi connectivity index (χ1n) is 8.96. The molecule has 7 heteroatoms. The second kappa shape index (κ2) is 6.96. The van der Waals surface area contributed by atoms with Crippen LogP contribution in [0.25, 0.3) is 0 Å². The lowest BCUT2D eigenvalue weighted by Gasteiger charge is -2.51. The minimum Gasteiger partial charge on any atom is -0.466 e. The van der Waals surface area contributed by atoms with Gasteiger partial charge in [0.2, 0.25) is 0 Å². The summed E-state index contributed by atoms with van der Waals surface area (Å²) < 4.78 is 15.7. The average molecular weight is 364 g/mol. The molecule has 0 aromatic heterocycles. The SMILES string of the molecule is CCOC(=O)C[C@@]1(C(=O)OCC)C=CC(=O)[C@]23C(O)OC[C@@H]2C=CC[C@@H]31. The van der Waals surface area contributed by atoms with Crippen LogP contribution in [0.1, 0.15) is 26.7 Å². The lowest BCUT2D eigenvalue weighted by atomic mass is 9.49. The van der Waals surface area contributed by atoms with E-state index in [9.17, 15) is 19.5 Å². The van der Waals surface area contributed by atoms with Gasteiger partial charge in [-0.2, -0.15) is 0 Å². The molecule has 1 unspecified atom stereocenters. The molecule has 3 rings (SSSR count). The van der Waals surface area contributed by atoms with Crippen LogP contribution in [-0.4, -0.2) is 48.9 Å². The summed E-state index contributed by atoms with van der Waals surface area (Å²) in [5, 5.41) is 10.6. The Labute approximate surface area is 152 Å². The Bertz CT molecular complexity index is 667. The average Bonchev–Trinajstić information content (AvgIpc) is 2.96. The minimum atomic E-state index is -1.38. The Morgan fingerprint density at radius 2 is 2.04 bits per heavy atom. The Hall–Kier alpha value is -1.99. The number of aliphatic hydroxyl groups excluding tert-OH is 1. The van der Waals surface area contributed by atoms with Crippen molar-refractivity contribution in [3.8, 4) is 0 Å². The van der Waals surface area contributed by atoms with E-state index in [1.165, 1.54) is 12.2 Å². The highest BCUT2D eigenvalue weighted by Gasteiger charge is 2.68. The molecule has 1 fully saturated rings. The minimum absolute atomic E-state index is 0.142. The van der Waals surface area contributed by atoms with Gasteiger partial charge < -0.3 is 19.3 Å². The maximum absolute atomic E-state index is 13.0. The van der Waals surface area contributed by atoms with Gasteiger partial charge in [0.1, 0.15) is 5.41 Å². The molecule has 3 aliphatic rings. The van der Waals surface area contributed by atoms with Crippen LogP contribution >= 0.6 is 0 Å². The van der Waals surface area contributed by atoms with Crippen LogP contribution in [0.4, 0.5) is 0 Å². The van der Waals surface area contributed by atoms with Gasteiger partial charge in [-0.05, 0) is 26.3 Å². The molecule has 1 spiro atoms. The van der Waals surface area contributed by atoms with E-state index in [1.54, 1.807) is 13.8 Å². The van der Waals surface area contributed by atoms with E-state index in [0.717, 1.165) is 0 Å². The van der Waals surface area contributed by atoms with Gasteiger partial charge in [-0.3, -0.25) is 14.4 Å². The van der Waals surface area contributed by atoms with Crippen molar-refractivity contribution in [1.29, 1.82) is 0 Å². The zero-order valence-corrected chi connectivity index (χ0v) is 15.0. The summed E-state index contributed by atoms with van der Waals surface area (Å²) in [5.41, 5.74) is -2.67. The van der Waals surface area contributed by atoms with Gasteiger partial charge in [0.15, 0.2) is 12.1 Å². The number of ketones is 1. The maximum atomic E-state index is 13.0. The van der Waals surface area contributed by atoms with Gasteiger partial charge >= 0.3 is 11.9 Å². The number of hydrogen-bond acceptors (Lipinski definition) is 7. The van der Waals surface area contributed by atoms with E-state index in [4.69, 9.17) is 14.2 Å². The predicted molar refractivity (Wildman–Crippen MR) is 89.6 cm³/mol. The van der Waals surface area contributed by atoms with Gasteiger partial charge in [-0.25, -0.2) is 0 Å². The summed E-state index contributed by atoms with van der Waals surface area (Å²) in [6.07, 6.45) is 5.24. The Balaban J connectivity index is 2.13. The molecule has 2 aliphatic carbocycles. The smallest absolute Gasteiger partial charge is 0.316 e. The van der Waals surface area contributed by atoms with Crippen LogP contribution in [-0.2, 0) is 28.6 Å². The molecular weight excluding hydrogens is 340 g/mol. The van der Waals surface area contributed by atoms with Gasteiger partial charge in [-0.1, -0.05) is 18.2 Å². The third-order valence-electron chi connectivity index (χ3n) is 5.75. The highest BCUT2D eigenvalue weighted by atomic mass is 16.6. The fourth-order valence-corrected chi connectivity index (χ4v) is 4.65. The fourth-order valence-electron chi connectivity index (χ4n) is 4.65. The highest BCUT2D eigenvalue weighted by molar-refractivity contribution is 6.01. The summed E-state index contributed by atoms with van der Waals surface area (Å²) in [6.45, 7) is 3.88. The largest absolute Gasteiger partial charge is 0.466 e. The molecular formula is C19H24O7. The molecule has 0 saturated carbocycles. The van der Waals surface area contributed by atoms with E-state index in [1.807, 2.05) is 12.2 Å². The first-order valence-corrected chi connectivity index (χ1v) is 8.96. The molecule has 26 heavy (non-hydrogen) atoms. The van der Waals surface area contributed by atoms with Crippen LogP contribution < -0.4 is 0 Å². The summed E-state index contributed by atoms with van der Waals surface area (Å²) in [6, 6.07) is 0. The first kappa shape index (κ1) is 18.8. The van der Waals surface area contributed by atoms with Crippen molar-refractivity contribution in [3.63, 3.8) is 0 Å². The molecule has 1 aliphatic heterocycles. The van der Waals surface area contributed by atoms with Crippen LogP contribution in [0.15, 0.2) is 24.3 Å². The van der Waals surface area contributed by atoms with Crippen LogP contribution in [0.3, 0.4) is 0 Å². The molecule has 0 amide bonds. The number of hydrogen-bond donors (Lipinski definition) is 1. The molecule has 1 heterocycles. The van der Waals surface area contributed by atoms with Crippen molar-refractivity contribution < 1.29 is 33.7 Å². The lowest BCUT2D eigenvalue weighted by molar-refractivity contribution is -0.186. The van der Waals surface area contributed by atoms with Gasteiger partial charge in [0.25, 0.3) is 0 Å². The standard InChI is InChI=1S/C19H24O7/c1-3-24-15(21)10-18(16(22)25-4-2)9-8-14(20)19-12(11-26-17(19)23)6-5-7-13(18)19/h5-6,8-9,12-13,17,23H,3-4,7,10-11H2,1-2H3/t12-,13+,17?,18-,19-/m0/s1. The van der Waals surface area contributed by atoms with E-state index < -0.39 is 35.0 Å². The van der Waals surface area contributed by atoms with Crippen molar-refractivity contribution >= 4 is 17.7 Å². The lowest BCUT2D eigenvalue weighted by Crippen LogP contribution is -2.60. The second-order valence-corrected chi connectivity index (χ2v) is 6.88. The van der Waals surface area contributed by atoms with Gasteiger partial charge in [0, 0.05) is 11.8 Å². The van der Waals surface area contributed by atoms with Crippen LogP contribution in [0.5, 0.6) is 0 Å². The van der Waals surface area contributed by atoms with E-state index >= 15 is 0 Å². The van der Waals surface area contributed by atoms with Crippen molar-refractivity contribution in [3.05, 3.63) is 24.3 Å². The van der Waals surface area contributed by atoms with Gasteiger partial charge in [-0.15, -0.1) is 0 Å². The van der Waals surface area contributed by atoms with Crippen LogP contribution in [0, 0.1) is 22.7 Å². The van der Waals surface area contributed by atoms with Crippen molar-refractivity contribution in [2.75, 3.05) is 19.8 Å². The molecule has 7 nitrogen and oxygen atoms in total. The first-order chi connectivity index (χ1) is 12.4. The predicted octanol–water partition coefficient (Wildman–Crippen LogP) is 1.16. The number of ether oxygens (including phenoxy) is 3. The quantitative estimate of drug-likeness (QED) is 0.577. The molecule has 0 bridgehead atoms. The highest BCUT2D eigenvalue weighted by Crippen LogP contribution is 2.60. The van der Waals surface area contributed by atoms with Crippen molar-refractivity contribution in [2.45, 2.75) is 33.0 Å². The molecule has 0 radical (unpaired) electrons. The molecule has 142 valence electrons. The molecule has 1 N–H and O–H groups in total. The Morgan fingerprint density at radius 3 is 2.73 bits per heavy atom. The third kappa shape index (κ3) is 2.53. The summed E-state index contributed by atoms with van der Waals surface area (Å²) >= 11 is 0. The Kier molecular flexibility index (Phi) is 5.03. The summed E-state index contributed by atoms with van der Waals surface area (Å²) in [5.74, 6) is -2.43. The maximum Gasteiger partial charge on any atom is 0.316 e. The monoisotopic (exact) mass is 364 g/mol. The van der Waals surface area contributed by atoms with E-state index in [2.05, 4.69) is 0 Å². The zero-order chi connectivity index (χ0) is 18.9. The Morgan fingerprint density at radius 1 is 1.31 bits per heavy atom. The van der Waals surface area contributed by atoms with Gasteiger partial charge in [0.05, 0.1) is 31.7 Å². The topological polar surface area (TPSA) is 99.1 Å². The second-order valence-electron chi connectivity index (χ2n) is 6.88. The number of rotatable bonds is 5. The van der Waals surface area contributed by atoms with Crippen LogP contribution in [0.2, 0.25) is 0 Å². The van der Waals surface area contributed by atoms with Crippen molar-refractivity contribution in [1.82, 2.24) is 0 Å². The number of allylic oxidation sites excluding steroid dienone is 2. The number of carbonyl (C=O) groups excluding carboxylic acids is 3. The molecule has 0 aromatic carbocycles. The van der Waals surface area contributed by atoms with Crippen molar-refractivity contribution in [2.24, 2.45) is 22.7 Å². The third-order valence-corrected chi connectivity index (χ3v) is 5.75. The number of aliphatic hydroxyl groups is 1. The molecule has 0 aromatic rings. The van der Waals surface area contributed by atoms with E-state index in [-0.39, 0.29) is 37.9 Å². The van der Waals surface area contributed by atoms with E-state index in [0.29, 0.717) is 6.42 Å². The normalized spacial score (nSPS) is 37.8. The number of esters is 2. The fraction of sp³-hybridized carbons (Fsp3) is 0.632. The number of carbonyl (C=O) groups is 3. The zero-order valence-electron chi connectivity index (χ0n) is 15.0. The summed E-state index contributed by atoms with van der Waals surface area (Å²) in [7, 11) is 0. The summed E-state index contributed by atoms with van der Waals surface area (Å²) in [4.78, 5) is 38.2. The molecule has 1 saturated heterocycles. The molecule has 5 atom stereocenters.